The third-order valence-corrected chi connectivity index (χ3v) is 6.79. The minimum absolute atomic E-state index is 0.00129. The fourth-order valence-corrected chi connectivity index (χ4v) is 6.29. The van der Waals surface area contributed by atoms with E-state index >= 15 is 0 Å². The van der Waals surface area contributed by atoms with E-state index in [-0.39, 0.29) is 83.2 Å². The maximum absolute atomic E-state index is 12.1. The highest BCUT2D eigenvalue weighted by molar-refractivity contribution is 6.09. The van der Waals surface area contributed by atoms with Crippen LogP contribution in [0, 0.1) is 47.3 Å². The largest absolute Gasteiger partial charge is 0.369 e. The lowest BCUT2D eigenvalue weighted by Crippen LogP contribution is -2.67. The first kappa shape index (κ1) is 10.9. The molecule has 0 aromatic heterocycles. The predicted molar refractivity (Wildman–Crippen MR) is 62.9 cm³/mol. The van der Waals surface area contributed by atoms with Crippen LogP contribution in [0.25, 0.3) is 0 Å². The van der Waals surface area contributed by atoms with Crippen molar-refractivity contribution in [3.8, 4) is 0 Å². The summed E-state index contributed by atoms with van der Waals surface area (Å²) in [6, 6.07) is 0. The SMILES string of the molecule is O=C1NC(=O)C2C1C1C3OC3C2C2C3C(=O)NC(=O)C3C12. The summed E-state index contributed by atoms with van der Waals surface area (Å²) in [6.45, 7) is 0. The van der Waals surface area contributed by atoms with Gasteiger partial charge in [0.15, 0.2) is 0 Å². The quantitative estimate of drug-likeness (QED) is 0.398. The van der Waals surface area contributed by atoms with E-state index in [0.29, 0.717) is 0 Å². The van der Waals surface area contributed by atoms with Gasteiger partial charge in [-0.05, 0) is 11.8 Å². The third kappa shape index (κ3) is 0.922. The lowest BCUT2D eigenvalue weighted by molar-refractivity contribution is -0.182. The molecule has 3 heterocycles. The molecule has 7 aliphatic rings. The number of ether oxygens (including phenoxy) is 1. The molecular weight excluding hydrogens is 276 g/mol. The Morgan fingerprint density at radius 2 is 0.905 bits per heavy atom. The van der Waals surface area contributed by atoms with E-state index in [2.05, 4.69) is 10.6 Å². The molecule has 7 nitrogen and oxygen atoms in total. The molecular formula is C14H12N2O5. The monoisotopic (exact) mass is 288 g/mol. The molecule has 2 N–H and O–H groups in total. The molecule has 0 aromatic rings. The average Bonchev–Trinajstić information content (AvgIpc) is 3.07. The van der Waals surface area contributed by atoms with Crippen LogP contribution in [0.5, 0.6) is 0 Å². The van der Waals surface area contributed by atoms with E-state index < -0.39 is 0 Å². The lowest BCUT2D eigenvalue weighted by atomic mass is 9.38. The molecule has 7 heteroatoms. The molecule has 7 fully saturated rings. The van der Waals surface area contributed by atoms with Gasteiger partial charge in [0, 0.05) is 11.8 Å². The molecule has 0 spiro atoms. The second-order valence-corrected chi connectivity index (χ2v) is 7.18. The number of fused-ring (bicyclic) bond motifs is 1. The normalized spacial score (nSPS) is 61.3. The Morgan fingerprint density at radius 1 is 0.571 bits per heavy atom. The topological polar surface area (TPSA) is 105 Å². The molecule has 4 amide bonds. The first-order valence-corrected chi connectivity index (χ1v) is 7.44. The Morgan fingerprint density at radius 3 is 1.29 bits per heavy atom. The van der Waals surface area contributed by atoms with E-state index in [1.54, 1.807) is 0 Å². The number of nitrogens with one attached hydrogen (secondary N) is 2. The molecule has 10 unspecified atom stereocenters. The van der Waals surface area contributed by atoms with Crippen molar-refractivity contribution in [1.29, 1.82) is 0 Å². The predicted octanol–water partition coefficient (Wildman–Crippen LogP) is -1.96. The van der Waals surface area contributed by atoms with Gasteiger partial charge < -0.3 is 4.74 Å². The number of hydrogen-bond donors (Lipinski definition) is 2. The fraction of sp³-hybridized carbons (Fsp3) is 0.714. The molecule has 0 radical (unpaired) electrons. The van der Waals surface area contributed by atoms with Crippen molar-refractivity contribution in [3.63, 3.8) is 0 Å². The molecule has 0 aromatic carbocycles. The molecule has 3 aliphatic heterocycles. The highest BCUT2D eigenvalue weighted by Gasteiger charge is 2.81. The van der Waals surface area contributed by atoms with Gasteiger partial charge in [-0.2, -0.15) is 0 Å². The van der Waals surface area contributed by atoms with Gasteiger partial charge in [-0.25, -0.2) is 0 Å². The Labute approximate surface area is 118 Å². The summed E-state index contributed by atoms with van der Waals surface area (Å²) in [5, 5.41) is 4.86. The molecule has 7 rings (SSSR count). The molecule has 21 heavy (non-hydrogen) atoms. The van der Waals surface area contributed by atoms with Crippen molar-refractivity contribution in [2.24, 2.45) is 47.3 Å². The fourth-order valence-electron chi connectivity index (χ4n) is 6.29. The van der Waals surface area contributed by atoms with Crippen LogP contribution < -0.4 is 10.6 Å². The zero-order valence-electron chi connectivity index (χ0n) is 10.8. The van der Waals surface area contributed by atoms with Gasteiger partial charge in [-0.1, -0.05) is 0 Å². The molecule has 4 saturated carbocycles. The van der Waals surface area contributed by atoms with Crippen LogP contribution in [0.15, 0.2) is 0 Å². The smallest absolute Gasteiger partial charge is 0.230 e. The van der Waals surface area contributed by atoms with Crippen molar-refractivity contribution < 1.29 is 23.9 Å². The van der Waals surface area contributed by atoms with Crippen LogP contribution in [0.2, 0.25) is 0 Å². The Kier molecular flexibility index (Phi) is 1.50. The maximum atomic E-state index is 12.1. The summed E-state index contributed by atoms with van der Waals surface area (Å²) < 4.78 is 5.74. The summed E-state index contributed by atoms with van der Waals surface area (Å²) in [7, 11) is 0. The highest BCUT2D eigenvalue weighted by atomic mass is 16.6. The van der Waals surface area contributed by atoms with Gasteiger partial charge in [0.25, 0.3) is 0 Å². The summed E-state index contributed by atoms with van der Waals surface area (Å²) >= 11 is 0. The minimum atomic E-state index is -0.364. The van der Waals surface area contributed by atoms with E-state index in [1.807, 2.05) is 0 Å². The van der Waals surface area contributed by atoms with Crippen molar-refractivity contribution in [1.82, 2.24) is 10.6 Å². The number of carbonyl (C=O) groups is 4. The van der Waals surface area contributed by atoms with Crippen LogP contribution >= 0.6 is 0 Å². The first-order chi connectivity index (χ1) is 10.1. The van der Waals surface area contributed by atoms with E-state index in [0.717, 1.165) is 0 Å². The van der Waals surface area contributed by atoms with Crippen molar-refractivity contribution >= 4 is 23.6 Å². The standard InChI is InChI=1S/C14H12N2O5/c17-11-5-1-2(6(5)12(18)15-11)4-8-7(13(19)16-14(8)20)3(1)9-10(4)21-9/h1-10H,(H,15,17,18)(H,16,19,20). The zero-order valence-corrected chi connectivity index (χ0v) is 10.8. The van der Waals surface area contributed by atoms with E-state index in [4.69, 9.17) is 4.74 Å². The van der Waals surface area contributed by atoms with Gasteiger partial charge in [0.2, 0.25) is 23.6 Å². The van der Waals surface area contributed by atoms with Crippen molar-refractivity contribution in [2.75, 3.05) is 0 Å². The third-order valence-electron chi connectivity index (χ3n) is 6.79. The molecule has 2 bridgehead atoms. The molecule has 10 atom stereocenters. The summed E-state index contributed by atoms with van der Waals surface area (Å²) in [4.78, 5) is 48.3. The van der Waals surface area contributed by atoms with E-state index in [1.165, 1.54) is 0 Å². The zero-order chi connectivity index (χ0) is 14.2. The van der Waals surface area contributed by atoms with Gasteiger partial charge in [-0.3, -0.25) is 29.8 Å². The van der Waals surface area contributed by atoms with E-state index in [9.17, 15) is 19.2 Å². The number of hydrogen-bond acceptors (Lipinski definition) is 5. The second-order valence-electron chi connectivity index (χ2n) is 7.18. The van der Waals surface area contributed by atoms with Crippen LogP contribution in [0.1, 0.15) is 0 Å². The van der Waals surface area contributed by atoms with Gasteiger partial charge in [0.05, 0.1) is 35.9 Å². The van der Waals surface area contributed by atoms with Crippen LogP contribution in [-0.4, -0.2) is 35.8 Å². The van der Waals surface area contributed by atoms with Gasteiger partial charge in [-0.15, -0.1) is 0 Å². The summed E-state index contributed by atoms with van der Waals surface area (Å²) in [5.41, 5.74) is 0. The van der Waals surface area contributed by atoms with Crippen molar-refractivity contribution in [3.05, 3.63) is 0 Å². The maximum Gasteiger partial charge on any atom is 0.230 e. The van der Waals surface area contributed by atoms with Gasteiger partial charge in [0.1, 0.15) is 0 Å². The molecule has 108 valence electrons. The van der Waals surface area contributed by atoms with Crippen LogP contribution in [0.3, 0.4) is 0 Å². The number of carbonyl (C=O) groups excluding carboxylic acids is 4. The molecule has 4 aliphatic carbocycles. The Bertz CT molecular complexity index is 620. The average molecular weight is 288 g/mol. The summed E-state index contributed by atoms with van der Waals surface area (Å²) in [6.07, 6.45) is -0.00259. The molecule has 3 saturated heterocycles. The van der Waals surface area contributed by atoms with Gasteiger partial charge >= 0.3 is 0 Å². The number of amides is 4. The number of rotatable bonds is 0. The highest BCUT2D eigenvalue weighted by Crippen LogP contribution is 2.72. The second kappa shape index (κ2) is 2.90. The van der Waals surface area contributed by atoms with Crippen LogP contribution in [-0.2, 0) is 23.9 Å². The number of imide groups is 2. The number of epoxide rings is 1. The van der Waals surface area contributed by atoms with Crippen LogP contribution in [0.4, 0.5) is 0 Å². The summed E-state index contributed by atoms with van der Waals surface area (Å²) in [5.74, 6) is -2.35. The minimum Gasteiger partial charge on any atom is -0.369 e. The Hall–Kier alpha value is -1.76. The first-order valence-electron chi connectivity index (χ1n) is 7.44. The van der Waals surface area contributed by atoms with Crippen molar-refractivity contribution in [2.45, 2.75) is 12.2 Å². The Balaban J connectivity index is 1.52. The lowest BCUT2D eigenvalue weighted by Gasteiger charge is -2.61.